The molecule has 4 rings (SSSR count). The minimum absolute atomic E-state index is 0.101. The number of anilines is 3. The highest BCUT2D eigenvalue weighted by Gasteiger charge is 2.40. The number of rotatable bonds is 9. The number of pyridine rings is 1. The Morgan fingerprint density at radius 1 is 1.10 bits per heavy atom. The molecule has 3 heterocycles. The van der Waals surface area contributed by atoms with Gasteiger partial charge in [-0.15, -0.1) is 0 Å². The van der Waals surface area contributed by atoms with E-state index in [4.69, 9.17) is 4.74 Å². The number of sulfone groups is 1. The van der Waals surface area contributed by atoms with E-state index in [1.54, 1.807) is 12.1 Å². The summed E-state index contributed by atoms with van der Waals surface area (Å²) in [4.78, 5) is 39.6. The molecule has 1 aliphatic heterocycles. The lowest BCUT2D eigenvalue weighted by molar-refractivity contribution is -0.137. The molecule has 0 atom stereocenters. The van der Waals surface area contributed by atoms with Crippen LogP contribution in [0.25, 0.3) is 0 Å². The van der Waals surface area contributed by atoms with Gasteiger partial charge in [-0.2, -0.15) is 18.2 Å². The normalized spacial score (nSPS) is 14.3. The van der Waals surface area contributed by atoms with E-state index in [0.717, 1.165) is 28.3 Å². The second-order valence-electron chi connectivity index (χ2n) is 9.28. The highest BCUT2D eigenvalue weighted by Crippen LogP contribution is 2.36. The van der Waals surface area contributed by atoms with Crippen LogP contribution in [0.1, 0.15) is 30.9 Å². The molecule has 1 aliphatic rings. The molecule has 15 heteroatoms. The quantitative estimate of drug-likeness (QED) is 0.370. The van der Waals surface area contributed by atoms with Crippen molar-refractivity contribution in [3.05, 3.63) is 60.0 Å². The summed E-state index contributed by atoms with van der Waals surface area (Å²) in [6.07, 6.45) is -0.368. The molecule has 11 nitrogen and oxygen atoms in total. The number of halogens is 3. The molecule has 0 radical (unpaired) electrons. The van der Waals surface area contributed by atoms with Crippen LogP contribution in [-0.2, 0) is 20.8 Å². The summed E-state index contributed by atoms with van der Waals surface area (Å²) in [6, 6.07) is 6.10. The molecule has 0 spiro atoms. The van der Waals surface area contributed by atoms with Crippen molar-refractivity contribution in [2.45, 2.75) is 25.9 Å². The van der Waals surface area contributed by atoms with Crippen molar-refractivity contribution in [3.63, 3.8) is 0 Å². The monoisotopic (exact) mass is 578 g/mol. The Kier molecular flexibility index (Phi) is 7.95. The fourth-order valence-corrected chi connectivity index (χ4v) is 4.32. The van der Waals surface area contributed by atoms with Gasteiger partial charge in [0.05, 0.1) is 28.9 Å². The van der Waals surface area contributed by atoms with Crippen LogP contribution in [0.3, 0.4) is 0 Å². The number of hydrogen-bond donors (Lipinski definition) is 1. The fraction of sp³-hybridized carbons (Fsp3) is 0.320. The van der Waals surface area contributed by atoms with Crippen molar-refractivity contribution in [3.8, 4) is 11.6 Å². The van der Waals surface area contributed by atoms with E-state index in [2.05, 4.69) is 20.3 Å². The number of nitrogens with zero attached hydrogens (tertiary/aromatic N) is 5. The zero-order valence-corrected chi connectivity index (χ0v) is 22.5. The van der Waals surface area contributed by atoms with E-state index in [0.29, 0.717) is 17.5 Å². The average molecular weight is 579 g/mol. The fourth-order valence-electron chi connectivity index (χ4n) is 3.85. The van der Waals surface area contributed by atoms with E-state index in [1.807, 2.05) is 13.8 Å². The van der Waals surface area contributed by atoms with Crippen molar-refractivity contribution < 1.29 is 35.9 Å². The molecule has 2 aromatic heterocycles. The van der Waals surface area contributed by atoms with E-state index >= 15 is 0 Å². The largest absolute Gasteiger partial charge is 0.439 e. The number of ether oxygens (including phenoxy) is 1. The third-order valence-electron chi connectivity index (χ3n) is 5.80. The number of alkyl halides is 3. The van der Waals surface area contributed by atoms with Gasteiger partial charge < -0.3 is 10.1 Å². The van der Waals surface area contributed by atoms with Gasteiger partial charge in [-0.3, -0.25) is 14.7 Å². The lowest BCUT2D eigenvalue weighted by Crippen LogP contribution is -2.33. The van der Waals surface area contributed by atoms with Crippen molar-refractivity contribution >= 4 is 39.1 Å². The van der Waals surface area contributed by atoms with Crippen LogP contribution in [0.15, 0.2) is 48.9 Å². The van der Waals surface area contributed by atoms with Gasteiger partial charge in [-0.25, -0.2) is 23.1 Å². The lowest BCUT2D eigenvalue weighted by Gasteiger charge is -2.20. The molecule has 1 fully saturated rings. The predicted molar refractivity (Wildman–Crippen MR) is 140 cm³/mol. The van der Waals surface area contributed by atoms with Gasteiger partial charge in [0, 0.05) is 31.3 Å². The first kappa shape index (κ1) is 28.7. The summed E-state index contributed by atoms with van der Waals surface area (Å²) >= 11 is 0. The number of carbonyl (C=O) groups is 2. The number of imide groups is 1. The third-order valence-corrected chi connectivity index (χ3v) is 6.75. The van der Waals surface area contributed by atoms with Crippen LogP contribution in [0, 0.1) is 0 Å². The maximum atomic E-state index is 13.1. The van der Waals surface area contributed by atoms with Gasteiger partial charge in [0.2, 0.25) is 11.8 Å². The second-order valence-corrected chi connectivity index (χ2v) is 11.5. The maximum Gasteiger partial charge on any atom is 0.417 e. The molecule has 1 saturated heterocycles. The Hall–Kier alpha value is -4.27. The van der Waals surface area contributed by atoms with E-state index in [-0.39, 0.29) is 41.4 Å². The smallest absolute Gasteiger partial charge is 0.417 e. The first-order valence-corrected chi connectivity index (χ1v) is 14.0. The van der Waals surface area contributed by atoms with Crippen molar-refractivity contribution in [1.29, 1.82) is 0 Å². The molecule has 3 aromatic rings. The van der Waals surface area contributed by atoms with Gasteiger partial charge in [0.15, 0.2) is 0 Å². The van der Waals surface area contributed by atoms with Crippen LogP contribution in [0.5, 0.6) is 11.6 Å². The number of carbonyl (C=O) groups excluding carboxylic acids is 2. The zero-order valence-electron chi connectivity index (χ0n) is 21.6. The highest BCUT2D eigenvalue weighted by atomic mass is 32.2. The Bertz CT molecular complexity index is 1550. The molecule has 1 aromatic carbocycles. The Morgan fingerprint density at radius 3 is 2.52 bits per heavy atom. The average Bonchev–Trinajstić information content (AvgIpc) is 3.17. The summed E-state index contributed by atoms with van der Waals surface area (Å²) in [5.74, 6) is -0.121. The summed E-state index contributed by atoms with van der Waals surface area (Å²) in [6.45, 7) is 3.41. The zero-order chi connectivity index (χ0) is 29.2. The Labute approximate surface area is 227 Å². The van der Waals surface area contributed by atoms with E-state index in [1.165, 1.54) is 18.3 Å². The van der Waals surface area contributed by atoms with Crippen LogP contribution in [-0.4, -0.2) is 60.4 Å². The number of benzene rings is 1. The molecule has 3 amide bonds. The molecule has 212 valence electrons. The lowest BCUT2D eigenvalue weighted by atomic mass is 10.0. The number of nitrogens with one attached hydrogen (secondary N) is 1. The molecule has 0 unspecified atom stereocenters. The van der Waals surface area contributed by atoms with Crippen LogP contribution in [0.2, 0.25) is 0 Å². The molecular formula is C25H25F3N6O5S. The SMILES string of the molecule is CC(C)c1cc(N2C(=O)CN(c3cncc(C(F)(F)F)c3)C2=O)ccc1Oc1ccnc(NCCS(C)(=O)=O)n1. The van der Waals surface area contributed by atoms with E-state index in [9.17, 15) is 31.2 Å². The van der Waals surface area contributed by atoms with Gasteiger partial charge in [-0.1, -0.05) is 13.8 Å². The third kappa shape index (κ3) is 6.65. The minimum Gasteiger partial charge on any atom is -0.439 e. The van der Waals surface area contributed by atoms with E-state index < -0.39 is 40.1 Å². The van der Waals surface area contributed by atoms with Crippen molar-refractivity contribution in [2.75, 3.05) is 40.2 Å². The summed E-state index contributed by atoms with van der Waals surface area (Å²) in [5, 5.41) is 2.82. The van der Waals surface area contributed by atoms with Crippen LogP contribution in [0.4, 0.5) is 35.3 Å². The molecule has 0 bridgehead atoms. The first-order valence-electron chi connectivity index (χ1n) is 12.0. The van der Waals surface area contributed by atoms with Crippen molar-refractivity contribution in [2.24, 2.45) is 0 Å². The molecule has 40 heavy (non-hydrogen) atoms. The molecular weight excluding hydrogens is 553 g/mol. The minimum atomic E-state index is -4.66. The number of amides is 3. The number of urea groups is 1. The first-order chi connectivity index (χ1) is 18.7. The Morgan fingerprint density at radius 2 is 1.85 bits per heavy atom. The molecule has 0 aliphatic carbocycles. The Balaban J connectivity index is 1.56. The number of hydrogen-bond acceptors (Lipinski definition) is 9. The van der Waals surface area contributed by atoms with Crippen molar-refractivity contribution in [1.82, 2.24) is 15.0 Å². The van der Waals surface area contributed by atoms with Gasteiger partial charge in [0.1, 0.15) is 22.1 Å². The maximum absolute atomic E-state index is 13.1. The highest BCUT2D eigenvalue weighted by molar-refractivity contribution is 7.90. The standard InChI is InChI=1S/C25H25F3N6O5S/c1-15(2)19-11-17(4-5-20(19)39-21-6-7-30-23(32-21)31-8-9-40(3,37)38)34-22(35)14-33(24(34)36)18-10-16(12-29-13-18)25(26,27)28/h4-7,10-13,15H,8-9,14H2,1-3H3,(H,30,31,32). The van der Waals surface area contributed by atoms with Crippen LogP contribution < -0.4 is 19.9 Å². The molecule has 1 N–H and O–H groups in total. The summed E-state index contributed by atoms with van der Waals surface area (Å²) in [5.41, 5.74) is -0.336. The summed E-state index contributed by atoms with van der Waals surface area (Å²) in [7, 11) is -3.17. The predicted octanol–water partition coefficient (Wildman–Crippen LogP) is 4.24. The van der Waals surface area contributed by atoms with Gasteiger partial charge in [-0.05, 0) is 35.7 Å². The van der Waals surface area contributed by atoms with Gasteiger partial charge >= 0.3 is 12.2 Å². The molecule has 0 saturated carbocycles. The van der Waals surface area contributed by atoms with Crippen LogP contribution >= 0.6 is 0 Å². The second kappa shape index (κ2) is 11.1. The number of aromatic nitrogens is 3. The summed E-state index contributed by atoms with van der Waals surface area (Å²) < 4.78 is 68.0. The van der Waals surface area contributed by atoms with Gasteiger partial charge in [0.25, 0.3) is 5.91 Å². The topological polar surface area (TPSA) is 135 Å².